The fourth-order valence-corrected chi connectivity index (χ4v) is 6.68. The van der Waals surface area contributed by atoms with Gasteiger partial charge in [-0.05, 0) is 23.2 Å². The maximum Gasteiger partial charge on any atom is 0.339 e. The maximum absolute atomic E-state index is 12.8. The van der Waals surface area contributed by atoms with E-state index in [-0.39, 0.29) is 21.1 Å². The van der Waals surface area contributed by atoms with Gasteiger partial charge in [0.2, 0.25) is 10.0 Å². The Balaban J connectivity index is 3.45. The van der Waals surface area contributed by atoms with Gasteiger partial charge in [0.25, 0.3) is 0 Å². The smallest absolute Gasteiger partial charge is 0.339 e. The summed E-state index contributed by atoms with van der Waals surface area (Å²) in [6.45, 7) is 9.74. The Morgan fingerprint density at radius 2 is 1.87 bits per heavy atom. The van der Waals surface area contributed by atoms with Crippen LogP contribution in [0.15, 0.2) is 23.1 Å². The molecule has 1 aromatic carbocycles. The zero-order valence-corrected chi connectivity index (χ0v) is 16.0. The molecule has 1 N–H and O–H groups in total. The Bertz CT molecular complexity index is 759. The summed E-state index contributed by atoms with van der Waals surface area (Å²) in [5.74, 6) is -0.794. The minimum absolute atomic E-state index is 0.141. The lowest BCUT2D eigenvalue weighted by molar-refractivity contribution is 0.0596. The molecule has 0 spiro atoms. The number of benzene rings is 1. The molecule has 8 heteroatoms. The summed E-state index contributed by atoms with van der Waals surface area (Å²) in [6, 6.07) is 5.74. The molecule has 0 bridgehead atoms. The first-order chi connectivity index (χ1) is 10.4. The summed E-state index contributed by atoms with van der Waals surface area (Å²) < 4.78 is 32.9. The Hall–Kier alpha value is -1.69. The molecule has 0 amide bonds. The van der Waals surface area contributed by atoms with Crippen molar-refractivity contribution in [3.63, 3.8) is 0 Å². The number of carbonyl (C=O) groups excluding carboxylic acids is 1. The number of rotatable bonds is 4. The van der Waals surface area contributed by atoms with Gasteiger partial charge in [-0.25, -0.2) is 17.6 Å². The van der Waals surface area contributed by atoms with Gasteiger partial charge >= 0.3 is 5.97 Å². The van der Waals surface area contributed by atoms with E-state index in [0.717, 1.165) is 0 Å². The summed E-state index contributed by atoms with van der Waals surface area (Å²) in [7, 11) is -5.11. The van der Waals surface area contributed by atoms with E-state index in [1.165, 1.54) is 25.3 Å². The van der Waals surface area contributed by atoms with Gasteiger partial charge in [-0.2, -0.15) is 5.26 Å². The normalized spacial score (nSPS) is 12.6. The minimum Gasteiger partial charge on any atom is -0.465 e. The van der Waals surface area contributed by atoms with E-state index in [2.05, 4.69) is 9.12 Å². The van der Waals surface area contributed by atoms with Crippen LogP contribution in [0.2, 0.25) is 18.1 Å². The third-order valence-corrected chi connectivity index (χ3v) is 11.9. The van der Waals surface area contributed by atoms with Gasteiger partial charge < -0.3 is 4.74 Å². The number of ether oxygens (including phenoxy) is 1. The third-order valence-electron chi connectivity index (χ3n) is 4.07. The number of esters is 1. The molecular weight excluding hydrogens is 332 g/mol. The number of nitriles is 1. The van der Waals surface area contributed by atoms with Crippen LogP contribution in [-0.2, 0) is 14.8 Å². The maximum atomic E-state index is 12.8. The van der Waals surface area contributed by atoms with Crippen LogP contribution in [0.3, 0.4) is 0 Å². The standard InChI is InChI=1S/C15H22N2O4SSi/c1-15(2,3)23(5,6)17-22(19,20)13-8-7-11(10-16)9-12(13)14(18)21-4/h7-9,17H,1-6H3. The molecule has 0 unspecified atom stereocenters. The van der Waals surface area contributed by atoms with Gasteiger partial charge in [0, 0.05) is 0 Å². The number of hydrogen-bond acceptors (Lipinski definition) is 5. The van der Waals surface area contributed by atoms with E-state index in [1.54, 1.807) is 0 Å². The van der Waals surface area contributed by atoms with E-state index in [4.69, 9.17) is 5.26 Å². The van der Waals surface area contributed by atoms with Crippen molar-refractivity contribution < 1.29 is 17.9 Å². The average molecular weight is 355 g/mol. The Kier molecular flexibility index (Phi) is 5.41. The Morgan fingerprint density at radius 1 is 1.30 bits per heavy atom. The molecule has 0 atom stereocenters. The van der Waals surface area contributed by atoms with Crippen molar-refractivity contribution in [3.05, 3.63) is 29.3 Å². The predicted molar refractivity (Wildman–Crippen MR) is 90.0 cm³/mol. The topological polar surface area (TPSA) is 96.3 Å². The second kappa shape index (κ2) is 6.43. The van der Waals surface area contributed by atoms with Crippen LogP contribution >= 0.6 is 0 Å². The summed E-state index contributed by atoms with van der Waals surface area (Å²) in [5.41, 5.74) is 0.0504. The second-order valence-corrected chi connectivity index (χ2v) is 13.8. The molecule has 0 radical (unpaired) electrons. The van der Waals surface area contributed by atoms with Crippen LogP contribution in [0.1, 0.15) is 36.7 Å². The molecule has 1 rings (SSSR count). The summed E-state index contributed by atoms with van der Waals surface area (Å²) >= 11 is 0. The molecule has 0 aromatic heterocycles. The molecule has 6 nitrogen and oxygen atoms in total. The molecule has 23 heavy (non-hydrogen) atoms. The zero-order valence-electron chi connectivity index (χ0n) is 14.2. The molecule has 0 saturated heterocycles. The van der Waals surface area contributed by atoms with E-state index in [1.807, 2.05) is 39.9 Å². The van der Waals surface area contributed by atoms with E-state index in [0.29, 0.717) is 0 Å². The van der Waals surface area contributed by atoms with E-state index in [9.17, 15) is 13.2 Å². The Morgan fingerprint density at radius 3 is 2.30 bits per heavy atom. The van der Waals surface area contributed by atoms with Crippen LogP contribution in [0, 0.1) is 11.3 Å². The molecule has 126 valence electrons. The molecule has 0 heterocycles. The van der Waals surface area contributed by atoms with Crippen LogP contribution in [0.5, 0.6) is 0 Å². The Labute approximate surface area is 138 Å². The van der Waals surface area contributed by atoms with Crippen molar-refractivity contribution in [3.8, 4) is 6.07 Å². The molecule has 0 saturated carbocycles. The fourth-order valence-electron chi connectivity index (χ4n) is 1.65. The second-order valence-electron chi connectivity index (χ2n) is 6.79. The summed E-state index contributed by atoms with van der Waals surface area (Å²) in [4.78, 5) is 11.7. The van der Waals surface area contributed by atoms with Gasteiger partial charge in [-0.3, -0.25) is 0 Å². The van der Waals surface area contributed by atoms with Gasteiger partial charge in [-0.1, -0.05) is 33.9 Å². The van der Waals surface area contributed by atoms with Crippen LogP contribution < -0.4 is 4.39 Å². The largest absolute Gasteiger partial charge is 0.465 e. The molecular formula is C15H22N2O4SSi. The van der Waals surface area contributed by atoms with Crippen LogP contribution in [0.25, 0.3) is 0 Å². The van der Waals surface area contributed by atoms with Crippen LogP contribution in [0.4, 0.5) is 0 Å². The summed E-state index contributed by atoms with van der Waals surface area (Å²) in [6.07, 6.45) is 0. The average Bonchev–Trinajstić information content (AvgIpc) is 2.43. The van der Waals surface area contributed by atoms with Crippen molar-refractivity contribution in [2.45, 2.75) is 43.8 Å². The van der Waals surface area contributed by atoms with E-state index >= 15 is 0 Å². The van der Waals surface area contributed by atoms with Crippen molar-refractivity contribution in [2.75, 3.05) is 7.11 Å². The number of sulfonamides is 1. The van der Waals surface area contributed by atoms with Crippen molar-refractivity contribution >= 4 is 24.2 Å². The monoisotopic (exact) mass is 354 g/mol. The lowest BCUT2D eigenvalue weighted by Gasteiger charge is -2.36. The number of carbonyl (C=O) groups is 1. The highest BCUT2D eigenvalue weighted by Crippen LogP contribution is 2.35. The van der Waals surface area contributed by atoms with Gasteiger partial charge in [0.15, 0.2) is 0 Å². The first-order valence-corrected chi connectivity index (χ1v) is 11.5. The number of hydrogen-bond donors (Lipinski definition) is 1. The molecule has 1 aromatic rings. The number of methoxy groups -OCH3 is 1. The highest BCUT2D eigenvalue weighted by atomic mass is 32.2. The SMILES string of the molecule is COC(=O)c1cc(C#N)ccc1S(=O)(=O)N[Si](C)(C)C(C)(C)C. The van der Waals surface area contributed by atoms with Crippen LogP contribution in [-0.4, -0.2) is 29.7 Å². The zero-order chi connectivity index (χ0) is 18.1. The third kappa shape index (κ3) is 4.19. The first-order valence-electron chi connectivity index (χ1n) is 7.02. The van der Waals surface area contributed by atoms with Crippen molar-refractivity contribution in [2.24, 2.45) is 0 Å². The van der Waals surface area contributed by atoms with Crippen molar-refractivity contribution in [1.29, 1.82) is 5.26 Å². The minimum atomic E-state index is -3.91. The molecule has 0 aliphatic carbocycles. The van der Waals surface area contributed by atoms with Crippen molar-refractivity contribution in [1.82, 2.24) is 4.39 Å². The van der Waals surface area contributed by atoms with E-state index < -0.39 is 24.2 Å². The summed E-state index contributed by atoms with van der Waals surface area (Å²) in [5, 5.41) is 8.73. The fraction of sp³-hybridized carbons (Fsp3) is 0.467. The van der Waals surface area contributed by atoms with Gasteiger partial charge in [0.05, 0.1) is 29.2 Å². The molecule has 0 aliphatic rings. The number of nitrogens with one attached hydrogen (secondary N) is 1. The lowest BCUT2D eigenvalue weighted by Crippen LogP contribution is -2.54. The number of nitrogens with zero attached hydrogens (tertiary/aromatic N) is 1. The first kappa shape index (κ1) is 19.4. The molecule has 0 aliphatic heterocycles. The lowest BCUT2D eigenvalue weighted by atomic mass is 10.1. The molecule has 0 fully saturated rings. The van der Waals surface area contributed by atoms with Gasteiger partial charge in [0.1, 0.15) is 8.24 Å². The highest BCUT2D eigenvalue weighted by molar-refractivity contribution is 7.91. The quantitative estimate of drug-likeness (QED) is 0.662. The highest BCUT2D eigenvalue weighted by Gasteiger charge is 2.40. The van der Waals surface area contributed by atoms with Gasteiger partial charge in [-0.15, -0.1) is 0 Å². The predicted octanol–water partition coefficient (Wildman–Crippen LogP) is 2.63.